The average Bonchev–Trinajstić information content (AvgIpc) is 3.33. The van der Waals surface area contributed by atoms with Gasteiger partial charge in [0.15, 0.2) is 0 Å². The van der Waals surface area contributed by atoms with Crippen LogP contribution in [0.2, 0.25) is 0 Å². The summed E-state index contributed by atoms with van der Waals surface area (Å²) in [6.45, 7) is 2.44. The van der Waals surface area contributed by atoms with E-state index in [0.717, 1.165) is 36.4 Å². The first-order chi connectivity index (χ1) is 10.1. The molecule has 3 fully saturated rings. The first kappa shape index (κ1) is 13.2. The van der Waals surface area contributed by atoms with Gasteiger partial charge in [0.1, 0.15) is 12.1 Å². The van der Waals surface area contributed by atoms with Crippen molar-refractivity contribution in [2.75, 3.05) is 0 Å². The van der Waals surface area contributed by atoms with Crippen molar-refractivity contribution in [3.8, 4) is 0 Å². The molecule has 0 spiro atoms. The molecule has 2 amide bonds. The fraction of sp³-hybridized carbons (Fsp3) is 0.667. The van der Waals surface area contributed by atoms with Crippen LogP contribution in [-0.2, 0) is 16.1 Å². The molecule has 1 aliphatic heterocycles. The second-order valence-electron chi connectivity index (χ2n) is 6.43. The number of aromatic nitrogens is 1. The Hall–Kier alpha value is -1.43. The van der Waals surface area contributed by atoms with Gasteiger partial charge in [-0.05, 0) is 44.4 Å². The van der Waals surface area contributed by atoms with E-state index in [-0.39, 0.29) is 23.9 Å². The quantitative estimate of drug-likeness (QED) is 0.916. The lowest BCUT2D eigenvalue weighted by Crippen LogP contribution is -2.64. The molecule has 2 aliphatic carbocycles. The molecule has 1 aromatic heterocycles. The molecule has 6 heteroatoms. The van der Waals surface area contributed by atoms with Gasteiger partial charge in [-0.25, -0.2) is 4.98 Å². The van der Waals surface area contributed by atoms with Gasteiger partial charge in [-0.2, -0.15) is 0 Å². The van der Waals surface area contributed by atoms with Gasteiger partial charge in [-0.15, -0.1) is 11.3 Å². The Kier molecular flexibility index (Phi) is 3.03. The third-order valence-corrected chi connectivity index (χ3v) is 5.43. The summed E-state index contributed by atoms with van der Waals surface area (Å²) in [6.07, 6.45) is 4.20. The summed E-state index contributed by atoms with van der Waals surface area (Å²) in [5, 5.41) is 5.96. The maximum atomic E-state index is 12.8. The van der Waals surface area contributed by atoms with Crippen LogP contribution in [0.4, 0.5) is 0 Å². The Morgan fingerprint density at radius 3 is 2.57 bits per heavy atom. The summed E-state index contributed by atoms with van der Waals surface area (Å²) in [5.74, 6) is 0.829. The molecule has 1 N–H and O–H groups in total. The second-order valence-corrected chi connectivity index (χ2v) is 7.49. The third-order valence-electron chi connectivity index (χ3n) is 4.61. The molecule has 1 aromatic rings. The predicted molar refractivity (Wildman–Crippen MR) is 78.6 cm³/mol. The number of rotatable bonds is 4. The zero-order valence-corrected chi connectivity index (χ0v) is 12.9. The predicted octanol–water partition coefficient (Wildman–Crippen LogP) is 1.47. The maximum absolute atomic E-state index is 12.8. The van der Waals surface area contributed by atoms with Crippen molar-refractivity contribution in [1.82, 2.24) is 15.2 Å². The highest BCUT2D eigenvalue weighted by atomic mass is 32.1. The summed E-state index contributed by atoms with van der Waals surface area (Å²) >= 11 is 1.59. The number of hydrogen-bond acceptors (Lipinski definition) is 4. The molecule has 0 aromatic carbocycles. The van der Waals surface area contributed by atoms with Gasteiger partial charge in [0, 0.05) is 5.38 Å². The monoisotopic (exact) mass is 305 g/mol. The zero-order chi connectivity index (χ0) is 14.6. The van der Waals surface area contributed by atoms with E-state index >= 15 is 0 Å². The fourth-order valence-electron chi connectivity index (χ4n) is 3.22. The van der Waals surface area contributed by atoms with Gasteiger partial charge in [0.05, 0.1) is 17.2 Å². The Balaban J connectivity index is 1.60. The highest BCUT2D eigenvalue weighted by molar-refractivity contribution is 7.09. The number of nitrogens with one attached hydrogen (secondary N) is 1. The van der Waals surface area contributed by atoms with E-state index in [1.165, 1.54) is 0 Å². The molecule has 2 saturated carbocycles. The van der Waals surface area contributed by atoms with E-state index in [1.807, 2.05) is 12.3 Å². The van der Waals surface area contributed by atoms with E-state index < -0.39 is 0 Å². The molecule has 21 heavy (non-hydrogen) atoms. The lowest BCUT2D eigenvalue weighted by atomic mass is 10.0. The molecule has 4 rings (SSSR count). The van der Waals surface area contributed by atoms with Gasteiger partial charge in [-0.1, -0.05) is 0 Å². The van der Waals surface area contributed by atoms with Crippen LogP contribution < -0.4 is 5.32 Å². The molecular formula is C15H19N3O2S. The van der Waals surface area contributed by atoms with Crippen molar-refractivity contribution in [3.05, 3.63) is 16.1 Å². The van der Waals surface area contributed by atoms with Crippen LogP contribution >= 0.6 is 11.3 Å². The summed E-state index contributed by atoms with van der Waals surface area (Å²) in [5.41, 5.74) is 0.903. The molecule has 2 heterocycles. The molecule has 3 aliphatic rings. The standard InChI is InChI=1S/C15H19N3O2S/c1-8-16-11(7-21-8)6-18-13(10-4-5-10)14(19)17-12(15(18)20)9-2-3-9/h7,9-10,12-13H,2-6H2,1H3,(H,17,19). The summed E-state index contributed by atoms with van der Waals surface area (Å²) in [7, 11) is 0. The Morgan fingerprint density at radius 1 is 1.29 bits per heavy atom. The summed E-state index contributed by atoms with van der Waals surface area (Å²) in [6, 6.07) is -0.582. The van der Waals surface area contributed by atoms with E-state index in [1.54, 1.807) is 16.2 Å². The number of hydrogen-bond donors (Lipinski definition) is 1. The van der Waals surface area contributed by atoms with Crippen LogP contribution in [0.15, 0.2) is 5.38 Å². The molecule has 2 atom stereocenters. The topological polar surface area (TPSA) is 62.3 Å². The molecule has 2 unspecified atom stereocenters. The lowest BCUT2D eigenvalue weighted by molar-refractivity contribution is -0.151. The van der Waals surface area contributed by atoms with Gasteiger partial charge in [-0.3, -0.25) is 9.59 Å². The number of nitrogens with zero attached hydrogens (tertiary/aromatic N) is 2. The molecule has 0 radical (unpaired) electrons. The SMILES string of the molecule is Cc1nc(CN2C(=O)C(C3CC3)NC(=O)C2C2CC2)cs1. The van der Waals surface area contributed by atoms with Crippen LogP contribution in [-0.4, -0.2) is 33.8 Å². The minimum absolute atomic E-state index is 0.0425. The molecule has 1 saturated heterocycles. The average molecular weight is 305 g/mol. The highest BCUT2D eigenvalue weighted by Crippen LogP contribution is 2.41. The van der Waals surface area contributed by atoms with Crippen molar-refractivity contribution in [1.29, 1.82) is 0 Å². The Morgan fingerprint density at radius 2 is 2.00 bits per heavy atom. The maximum Gasteiger partial charge on any atom is 0.246 e. The van der Waals surface area contributed by atoms with Crippen LogP contribution in [0.25, 0.3) is 0 Å². The van der Waals surface area contributed by atoms with Gasteiger partial charge < -0.3 is 10.2 Å². The van der Waals surface area contributed by atoms with E-state index in [0.29, 0.717) is 18.4 Å². The van der Waals surface area contributed by atoms with E-state index in [2.05, 4.69) is 10.3 Å². The second kappa shape index (κ2) is 4.80. The van der Waals surface area contributed by atoms with Gasteiger partial charge in [0.25, 0.3) is 0 Å². The largest absolute Gasteiger partial charge is 0.342 e. The molecule has 112 valence electrons. The first-order valence-electron chi connectivity index (χ1n) is 7.65. The van der Waals surface area contributed by atoms with Gasteiger partial charge >= 0.3 is 0 Å². The van der Waals surface area contributed by atoms with Crippen molar-refractivity contribution in [2.24, 2.45) is 11.8 Å². The number of piperazine rings is 1. The lowest BCUT2D eigenvalue weighted by Gasteiger charge is -2.39. The van der Waals surface area contributed by atoms with E-state index in [4.69, 9.17) is 0 Å². The molecule has 5 nitrogen and oxygen atoms in total. The fourth-order valence-corrected chi connectivity index (χ4v) is 3.82. The van der Waals surface area contributed by atoms with Crippen LogP contribution in [0.1, 0.15) is 36.4 Å². The van der Waals surface area contributed by atoms with Crippen LogP contribution in [0.3, 0.4) is 0 Å². The zero-order valence-electron chi connectivity index (χ0n) is 12.0. The highest BCUT2D eigenvalue weighted by Gasteiger charge is 2.51. The number of amides is 2. The van der Waals surface area contributed by atoms with Crippen molar-refractivity contribution < 1.29 is 9.59 Å². The molecular weight excluding hydrogens is 286 g/mol. The van der Waals surface area contributed by atoms with Crippen molar-refractivity contribution in [2.45, 2.75) is 51.2 Å². The molecule has 0 bridgehead atoms. The first-order valence-corrected chi connectivity index (χ1v) is 8.53. The minimum Gasteiger partial charge on any atom is -0.342 e. The summed E-state index contributed by atoms with van der Waals surface area (Å²) in [4.78, 5) is 31.5. The third kappa shape index (κ3) is 2.46. The van der Waals surface area contributed by atoms with Gasteiger partial charge in [0.2, 0.25) is 11.8 Å². The minimum atomic E-state index is -0.299. The van der Waals surface area contributed by atoms with Crippen molar-refractivity contribution >= 4 is 23.2 Å². The number of thiazole rings is 1. The van der Waals surface area contributed by atoms with Crippen molar-refractivity contribution in [3.63, 3.8) is 0 Å². The summed E-state index contributed by atoms with van der Waals surface area (Å²) < 4.78 is 0. The van der Waals surface area contributed by atoms with Crippen LogP contribution in [0, 0.1) is 18.8 Å². The smallest absolute Gasteiger partial charge is 0.246 e. The van der Waals surface area contributed by atoms with Crippen LogP contribution in [0.5, 0.6) is 0 Å². The Bertz CT molecular complexity index is 591. The van der Waals surface area contributed by atoms with E-state index in [9.17, 15) is 9.59 Å². The Labute approximate surface area is 127 Å². The number of carbonyl (C=O) groups excluding carboxylic acids is 2. The normalized spacial score (nSPS) is 29.7. The number of aryl methyl sites for hydroxylation is 1. The number of carbonyl (C=O) groups is 2.